The summed E-state index contributed by atoms with van der Waals surface area (Å²) in [4.78, 5) is 16.5. The van der Waals surface area contributed by atoms with Gasteiger partial charge in [-0.05, 0) is 38.1 Å². The molecule has 1 aromatic heterocycles. The number of pyridine rings is 1. The Bertz CT molecular complexity index is 582. The van der Waals surface area contributed by atoms with Gasteiger partial charge in [0, 0.05) is 6.20 Å². The summed E-state index contributed by atoms with van der Waals surface area (Å²) in [7, 11) is 0. The first kappa shape index (κ1) is 13.6. The Morgan fingerprint density at radius 2 is 1.84 bits per heavy atom. The maximum absolute atomic E-state index is 12.2. The van der Waals surface area contributed by atoms with E-state index in [-0.39, 0.29) is 5.91 Å². The molecule has 2 aromatic rings. The van der Waals surface area contributed by atoms with Crippen LogP contribution in [0.4, 0.5) is 0 Å². The fourth-order valence-corrected chi connectivity index (χ4v) is 2.01. The lowest BCUT2D eigenvalue weighted by Crippen LogP contribution is -2.41. The summed E-state index contributed by atoms with van der Waals surface area (Å²) in [5, 5.41) is 3.39. The molecule has 1 heterocycles. The van der Waals surface area contributed by atoms with Gasteiger partial charge in [-0.1, -0.05) is 29.8 Å². The molecule has 0 unspecified atom stereocenters. The van der Waals surface area contributed by atoms with Crippen LogP contribution in [0.5, 0.6) is 0 Å². The SMILES string of the molecule is CC(C)(NC(=O)c1ccccc1Cl)c1ccccn1. The second-order valence-corrected chi connectivity index (χ2v) is 5.18. The third kappa shape index (κ3) is 3.12. The lowest BCUT2D eigenvalue weighted by molar-refractivity contribution is 0.0910. The van der Waals surface area contributed by atoms with Crippen molar-refractivity contribution in [3.8, 4) is 0 Å². The van der Waals surface area contributed by atoms with Crippen molar-refractivity contribution >= 4 is 17.5 Å². The molecule has 19 heavy (non-hydrogen) atoms. The number of hydrogen-bond acceptors (Lipinski definition) is 2. The lowest BCUT2D eigenvalue weighted by atomic mass is 9.99. The number of aromatic nitrogens is 1. The third-order valence-corrected chi connectivity index (χ3v) is 3.18. The van der Waals surface area contributed by atoms with E-state index in [0.717, 1.165) is 5.69 Å². The van der Waals surface area contributed by atoms with Gasteiger partial charge in [0.15, 0.2) is 0 Å². The molecule has 1 aromatic carbocycles. The minimum atomic E-state index is -0.558. The summed E-state index contributed by atoms with van der Waals surface area (Å²) < 4.78 is 0. The molecule has 2 rings (SSSR count). The highest BCUT2D eigenvalue weighted by molar-refractivity contribution is 6.33. The number of benzene rings is 1. The average molecular weight is 275 g/mol. The number of carbonyl (C=O) groups is 1. The molecule has 0 atom stereocenters. The van der Waals surface area contributed by atoms with E-state index in [2.05, 4.69) is 10.3 Å². The lowest BCUT2D eigenvalue weighted by Gasteiger charge is -2.25. The molecule has 0 aliphatic heterocycles. The number of carbonyl (C=O) groups excluding carboxylic acids is 1. The van der Waals surface area contributed by atoms with Gasteiger partial charge in [-0.3, -0.25) is 9.78 Å². The second-order valence-electron chi connectivity index (χ2n) is 4.77. The predicted octanol–water partition coefficient (Wildman–Crippen LogP) is 3.40. The molecule has 1 amide bonds. The summed E-state index contributed by atoms with van der Waals surface area (Å²) >= 11 is 6.02. The number of nitrogens with one attached hydrogen (secondary N) is 1. The Kier molecular flexibility index (Phi) is 3.86. The first-order valence-electron chi connectivity index (χ1n) is 5.99. The van der Waals surface area contributed by atoms with E-state index in [1.807, 2.05) is 32.0 Å². The Balaban J connectivity index is 2.22. The highest BCUT2D eigenvalue weighted by atomic mass is 35.5. The second kappa shape index (κ2) is 5.41. The van der Waals surface area contributed by atoms with Crippen molar-refractivity contribution in [2.75, 3.05) is 0 Å². The first-order chi connectivity index (χ1) is 9.00. The molecule has 0 spiro atoms. The van der Waals surface area contributed by atoms with Crippen LogP contribution >= 0.6 is 11.6 Å². The topological polar surface area (TPSA) is 42.0 Å². The van der Waals surface area contributed by atoms with Gasteiger partial charge in [0.2, 0.25) is 0 Å². The molecule has 0 fully saturated rings. The van der Waals surface area contributed by atoms with Gasteiger partial charge in [-0.15, -0.1) is 0 Å². The average Bonchev–Trinajstić information content (AvgIpc) is 2.39. The molecule has 0 saturated carbocycles. The Labute approximate surface area is 117 Å². The van der Waals surface area contributed by atoms with Crippen molar-refractivity contribution in [2.24, 2.45) is 0 Å². The van der Waals surface area contributed by atoms with Crippen molar-refractivity contribution < 1.29 is 4.79 Å². The van der Waals surface area contributed by atoms with Crippen molar-refractivity contribution in [3.05, 3.63) is 64.9 Å². The van der Waals surface area contributed by atoms with Crippen LogP contribution in [0.25, 0.3) is 0 Å². The molecule has 0 radical (unpaired) electrons. The molecule has 1 N–H and O–H groups in total. The normalized spacial score (nSPS) is 11.1. The highest BCUT2D eigenvalue weighted by Crippen LogP contribution is 2.20. The maximum atomic E-state index is 12.2. The predicted molar refractivity (Wildman–Crippen MR) is 76.2 cm³/mol. The van der Waals surface area contributed by atoms with Gasteiger partial charge in [0.25, 0.3) is 5.91 Å². The Morgan fingerprint density at radius 1 is 1.16 bits per heavy atom. The Morgan fingerprint density at radius 3 is 2.47 bits per heavy atom. The van der Waals surface area contributed by atoms with Crippen LogP contribution in [-0.4, -0.2) is 10.9 Å². The van der Waals surface area contributed by atoms with E-state index in [0.29, 0.717) is 10.6 Å². The van der Waals surface area contributed by atoms with Crippen LogP contribution in [0, 0.1) is 0 Å². The minimum Gasteiger partial charge on any atom is -0.341 e. The summed E-state index contributed by atoms with van der Waals surface area (Å²) in [6.45, 7) is 3.81. The fraction of sp³-hybridized carbons (Fsp3) is 0.200. The van der Waals surface area contributed by atoms with E-state index in [1.165, 1.54) is 0 Å². The van der Waals surface area contributed by atoms with Crippen LogP contribution in [0.15, 0.2) is 48.7 Å². The molecular weight excluding hydrogens is 260 g/mol. The zero-order chi connectivity index (χ0) is 13.9. The monoisotopic (exact) mass is 274 g/mol. The molecule has 0 aliphatic rings. The van der Waals surface area contributed by atoms with Crippen molar-refractivity contribution in [3.63, 3.8) is 0 Å². The molecular formula is C15H15ClN2O. The number of nitrogens with zero attached hydrogens (tertiary/aromatic N) is 1. The standard InChI is InChI=1S/C15H15ClN2O/c1-15(2,13-9-5-6-10-17-13)18-14(19)11-7-3-4-8-12(11)16/h3-10H,1-2H3,(H,18,19). The number of halogens is 1. The van der Waals surface area contributed by atoms with Gasteiger partial charge in [0.05, 0.1) is 21.8 Å². The van der Waals surface area contributed by atoms with Crippen molar-refractivity contribution in [2.45, 2.75) is 19.4 Å². The zero-order valence-corrected chi connectivity index (χ0v) is 11.6. The summed E-state index contributed by atoms with van der Waals surface area (Å²) in [6, 6.07) is 12.6. The van der Waals surface area contributed by atoms with E-state index < -0.39 is 5.54 Å². The van der Waals surface area contributed by atoms with Crippen LogP contribution in [0.1, 0.15) is 29.9 Å². The van der Waals surface area contributed by atoms with Gasteiger partial charge in [-0.25, -0.2) is 0 Å². The molecule has 3 nitrogen and oxygen atoms in total. The van der Waals surface area contributed by atoms with Gasteiger partial charge >= 0.3 is 0 Å². The van der Waals surface area contributed by atoms with Crippen LogP contribution in [-0.2, 0) is 5.54 Å². The van der Waals surface area contributed by atoms with Crippen LogP contribution < -0.4 is 5.32 Å². The van der Waals surface area contributed by atoms with E-state index >= 15 is 0 Å². The largest absolute Gasteiger partial charge is 0.341 e. The van der Waals surface area contributed by atoms with Crippen molar-refractivity contribution in [1.29, 1.82) is 0 Å². The zero-order valence-electron chi connectivity index (χ0n) is 10.9. The maximum Gasteiger partial charge on any atom is 0.253 e. The Hall–Kier alpha value is -1.87. The summed E-state index contributed by atoms with van der Waals surface area (Å²) in [5.74, 6) is -0.207. The third-order valence-electron chi connectivity index (χ3n) is 2.85. The van der Waals surface area contributed by atoms with E-state index in [4.69, 9.17) is 11.6 Å². The number of amides is 1. The summed E-state index contributed by atoms with van der Waals surface area (Å²) in [6.07, 6.45) is 1.71. The first-order valence-corrected chi connectivity index (χ1v) is 6.37. The fourth-order valence-electron chi connectivity index (χ4n) is 1.79. The van der Waals surface area contributed by atoms with Crippen LogP contribution in [0.2, 0.25) is 5.02 Å². The smallest absolute Gasteiger partial charge is 0.253 e. The van der Waals surface area contributed by atoms with Crippen LogP contribution in [0.3, 0.4) is 0 Å². The van der Waals surface area contributed by atoms with Crippen molar-refractivity contribution in [1.82, 2.24) is 10.3 Å². The molecule has 4 heteroatoms. The van der Waals surface area contributed by atoms with Gasteiger partial charge in [-0.2, -0.15) is 0 Å². The molecule has 98 valence electrons. The molecule has 0 saturated heterocycles. The van der Waals surface area contributed by atoms with Gasteiger partial charge < -0.3 is 5.32 Å². The number of hydrogen-bond donors (Lipinski definition) is 1. The van der Waals surface area contributed by atoms with E-state index in [1.54, 1.807) is 30.5 Å². The van der Waals surface area contributed by atoms with Gasteiger partial charge in [0.1, 0.15) is 0 Å². The quantitative estimate of drug-likeness (QED) is 0.932. The summed E-state index contributed by atoms with van der Waals surface area (Å²) in [5.41, 5.74) is 0.709. The molecule has 0 bridgehead atoms. The van der Waals surface area contributed by atoms with E-state index in [9.17, 15) is 4.79 Å². The number of rotatable bonds is 3. The molecule has 0 aliphatic carbocycles. The minimum absolute atomic E-state index is 0.207. The highest BCUT2D eigenvalue weighted by Gasteiger charge is 2.25.